The third kappa shape index (κ3) is 5.25. The highest BCUT2D eigenvalue weighted by Crippen LogP contribution is 2.20. The van der Waals surface area contributed by atoms with Crippen LogP contribution in [0.1, 0.15) is 43.5 Å². The molecule has 2 amide bonds. The van der Waals surface area contributed by atoms with Crippen LogP contribution < -0.4 is 10.6 Å². The van der Waals surface area contributed by atoms with Gasteiger partial charge in [0.1, 0.15) is 0 Å². The standard InChI is InChI=1S/C15H20N2O4/c1-4-6-14(19)17-12-8-10(15(20)21-3)7-11(9-12)16-13(18)5-2/h7-9H,4-6H2,1-3H3,(H,16,18)(H,17,19). The molecule has 1 rings (SSSR count). The first-order chi connectivity index (χ1) is 9.99. The molecule has 0 saturated heterocycles. The first-order valence-electron chi connectivity index (χ1n) is 6.83. The summed E-state index contributed by atoms with van der Waals surface area (Å²) in [5, 5.41) is 5.35. The molecule has 1 aromatic rings. The molecule has 0 atom stereocenters. The SMILES string of the molecule is CCCC(=O)Nc1cc(NC(=O)CC)cc(C(=O)OC)c1. The van der Waals surface area contributed by atoms with Gasteiger partial charge >= 0.3 is 5.97 Å². The zero-order chi connectivity index (χ0) is 15.8. The van der Waals surface area contributed by atoms with Crippen molar-refractivity contribution in [3.05, 3.63) is 23.8 Å². The van der Waals surface area contributed by atoms with E-state index in [-0.39, 0.29) is 17.4 Å². The Kier molecular flexibility index (Phi) is 6.39. The average molecular weight is 292 g/mol. The van der Waals surface area contributed by atoms with Crippen LogP contribution in [-0.2, 0) is 14.3 Å². The van der Waals surface area contributed by atoms with Crippen molar-refractivity contribution >= 4 is 29.2 Å². The molecule has 0 aliphatic heterocycles. The molecule has 2 N–H and O–H groups in total. The number of amides is 2. The Hall–Kier alpha value is -2.37. The molecule has 6 nitrogen and oxygen atoms in total. The number of hydrogen-bond donors (Lipinski definition) is 2. The van der Waals surface area contributed by atoms with E-state index in [1.54, 1.807) is 13.0 Å². The van der Waals surface area contributed by atoms with Gasteiger partial charge in [0, 0.05) is 24.2 Å². The third-order valence-electron chi connectivity index (χ3n) is 2.72. The summed E-state index contributed by atoms with van der Waals surface area (Å²) in [6.07, 6.45) is 1.43. The fourth-order valence-electron chi connectivity index (χ4n) is 1.71. The quantitative estimate of drug-likeness (QED) is 0.789. The number of hydrogen-bond acceptors (Lipinski definition) is 4. The molecule has 0 radical (unpaired) electrons. The maximum absolute atomic E-state index is 11.6. The second kappa shape index (κ2) is 8.04. The van der Waals surface area contributed by atoms with E-state index in [0.717, 1.165) is 6.42 Å². The van der Waals surface area contributed by atoms with Crippen LogP contribution in [0.5, 0.6) is 0 Å². The van der Waals surface area contributed by atoms with Gasteiger partial charge in [-0.15, -0.1) is 0 Å². The van der Waals surface area contributed by atoms with E-state index < -0.39 is 5.97 Å². The first-order valence-corrected chi connectivity index (χ1v) is 6.83. The van der Waals surface area contributed by atoms with Gasteiger partial charge in [-0.25, -0.2) is 4.79 Å². The summed E-state index contributed by atoms with van der Waals surface area (Å²) < 4.78 is 4.67. The minimum absolute atomic E-state index is 0.146. The van der Waals surface area contributed by atoms with Gasteiger partial charge in [-0.05, 0) is 24.6 Å². The van der Waals surface area contributed by atoms with Crippen molar-refractivity contribution in [1.29, 1.82) is 0 Å². The monoisotopic (exact) mass is 292 g/mol. The van der Waals surface area contributed by atoms with Gasteiger partial charge in [0.2, 0.25) is 11.8 Å². The first kappa shape index (κ1) is 16.7. The molecule has 0 bridgehead atoms. The summed E-state index contributed by atoms with van der Waals surface area (Å²) >= 11 is 0. The Labute approximate surface area is 123 Å². The van der Waals surface area contributed by atoms with Crippen LogP contribution in [0.25, 0.3) is 0 Å². The van der Waals surface area contributed by atoms with Crippen molar-refractivity contribution in [2.45, 2.75) is 33.1 Å². The van der Waals surface area contributed by atoms with Gasteiger partial charge in [0.15, 0.2) is 0 Å². The number of rotatable bonds is 6. The number of nitrogens with one attached hydrogen (secondary N) is 2. The lowest BCUT2D eigenvalue weighted by atomic mass is 10.1. The minimum Gasteiger partial charge on any atom is -0.465 e. The second-order valence-corrected chi connectivity index (χ2v) is 4.49. The maximum atomic E-state index is 11.6. The fourth-order valence-corrected chi connectivity index (χ4v) is 1.71. The van der Waals surface area contributed by atoms with E-state index in [1.165, 1.54) is 19.2 Å². The molecule has 0 unspecified atom stereocenters. The van der Waals surface area contributed by atoms with Crippen molar-refractivity contribution in [2.75, 3.05) is 17.7 Å². The molecule has 0 aliphatic carbocycles. The van der Waals surface area contributed by atoms with Gasteiger partial charge in [-0.3, -0.25) is 9.59 Å². The second-order valence-electron chi connectivity index (χ2n) is 4.49. The third-order valence-corrected chi connectivity index (χ3v) is 2.72. The van der Waals surface area contributed by atoms with Crippen LogP contribution in [0.2, 0.25) is 0 Å². The topological polar surface area (TPSA) is 84.5 Å². The van der Waals surface area contributed by atoms with Crippen LogP contribution in [0, 0.1) is 0 Å². The lowest BCUT2D eigenvalue weighted by Crippen LogP contribution is -2.14. The lowest BCUT2D eigenvalue weighted by molar-refractivity contribution is -0.116. The molecule has 0 fully saturated rings. The minimum atomic E-state index is -0.534. The van der Waals surface area contributed by atoms with Gasteiger partial charge < -0.3 is 15.4 Å². The van der Waals surface area contributed by atoms with Crippen LogP contribution in [0.3, 0.4) is 0 Å². The predicted molar refractivity (Wildman–Crippen MR) is 80.2 cm³/mol. The zero-order valence-corrected chi connectivity index (χ0v) is 12.5. The highest BCUT2D eigenvalue weighted by atomic mass is 16.5. The zero-order valence-electron chi connectivity index (χ0n) is 12.5. The molecule has 0 aliphatic rings. The normalized spacial score (nSPS) is 9.86. The van der Waals surface area contributed by atoms with Crippen molar-refractivity contribution in [2.24, 2.45) is 0 Å². The number of anilines is 2. The van der Waals surface area contributed by atoms with E-state index in [4.69, 9.17) is 0 Å². The predicted octanol–water partition coefficient (Wildman–Crippen LogP) is 2.56. The van der Waals surface area contributed by atoms with Gasteiger partial charge in [-0.1, -0.05) is 13.8 Å². The average Bonchev–Trinajstić information content (AvgIpc) is 2.46. The number of esters is 1. The highest BCUT2D eigenvalue weighted by Gasteiger charge is 2.11. The molecular formula is C15H20N2O4. The van der Waals surface area contributed by atoms with E-state index in [2.05, 4.69) is 15.4 Å². The number of carbonyl (C=O) groups is 3. The number of benzene rings is 1. The summed E-state index contributed by atoms with van der Waals surface area (Å²) in [5.74, 6) is -0.858. The van der Waals surface area contributed by atoms with Crippen LogP contribution in [-0.4, -0.2) is 24.9 Å². The molecule has 1 aromatic carbocycles. The Balaban J connectivity index is 3.05. The maximum Gasteiger partial charge on any atom is 0.337 e. The smallest absolute Gasteiger partial charge is 0.337 e. The molecule has 114 valence electrons. The molecule has 0 aromatic heterocycles. The Morgan fingerprint density at radius 3 is 2.05 bits per heavy atom. The van der Waals surface area contributed by atoms with Gasteiger partial charge in [0.25, 0.3) is 0 Å². The van der Waals surface area contributed by atoms with Crippen molar-refractivity contribution < 1.29 is 19.1 Å². The van der Waals surface area contributed by atoms with Gasteiger partial charge in [0.05, 0.1) is 12.7 Å². The largest absolute Gasteiger partial charge is 0.465 e. The van der Waals surface area contributed by atoms with Crippen LogP contribution in [0.15, 0.2) is 18.2 Å². The number of ether oxygens (including phenoxy) is 1. The lowest BCUT2D eigenvalue weighted by Gasteiger charge is -2.11. The van der Waals surface area contributed by atoms with E-state index in [0.29, 0.717) is 24.2 Å². The van der Waals surface area contributed by atoms with Crippen molar-refractivity contribution in [3.8, 4) is 0 Å². The number of carbonyl (C=O) groups excluding carboxylic acids is 3. The molecule has 6 heteroatoms. The molecule has 0 spiro atoms. The molecular weight excluding hydrogens is 272 g/mol. The summed E-state index contributed by atoms with van der Waals surface area (Å²) in [4.78, 5) is 34.7. The van der Waals surface area contributed by atoms with E-state index >= 15 is 0 Å². The molecule has 21 heavy (non-hydrogen) atoms. The number of methoxy groups -OCH3 is 1. The Morgan fingerprint density at radius 1 is 1.00 bits per heavy atom. The van der Waals surface area contributed by atoms with Crippen molar-refractivity contribution in [1.82, 2.24) is 0 Å². The summed E-state index contributed by atoms with van der Waals surface area (Å²) in [7, 11) is 1.27. The van der Waals surface area contributed by atoms with Crippen molar-refractivity contribution in [3.63, 3.8) is 0 Å². The molecule has 0 heterocycles. The summed E-state index contributed by atoms with van der Waals surface area (Å²) in [6, 6.07) is 4.63. The fraction of sp³-hybridized carbons (Fsp3) is 0.400. The summed E-state index contributed by atoms with van der Waals surface area (Å²) in [6.45, 7) is 3.63. The van der Waals surface area contributed by atoms with E-state index in [1.807, 2.05) is 6.92 Å². The summed E-state index contributed by atoms with van der Waals surface area (Å²) in [5.41, 5.74) is 1.15. The van der Waals surface area contributed by atoms with Crippen LogP contribution in [0.4, 0.5) is 11.4 Å². The molecule has 0 saturated carbocycles. The van der Waals surface area contributed by atoms with Crippen LogP contribution >= 0.6 is 0 Å². The van der Waals surface area contributed by atoms with E-state index in [9.17, 15) is 14.4 Å². The Morgan fingerprint density at radius 2 is 1.57 bits per heavy atom. The van der Waals surface area contributed by atoms with Gasteiger partial charge in [-0.2, -0.15) is 0 Å². The highest BCUT2D eigenvalue weighted by molar-refractivity contribution is 5.98. The Bertz CT molecular complexity index is 540.